The second kappa shape index (κ2) is 7.82. The molecule has 0 aliphatic carbocycles. The molecule has 3 heterocycles. The molecule has 25 heavy (non-hydrogen) atoms. The highest BCUT2D eigenvalue weighted by molar-refractivity contribution is 7.08. The van der Waals surface area contributed by atoms with E-state index in [2.05, 4.69) is 10.1 Å². The fourth-order valence-corrected chi connectivity index (χ4v) is 2.79. The summed E-state index contributed by atoms with van der Waals surface area (Å²) in [5, 5.41) is 8.02. The zero-order valence-corrected chi connectivity index (χ0v) is 14.1. The van der Waals surface area contributed by atoms with Crippen molar-refractivity contribution in [3.05, 3.63) is 75.0 Å². The number of halogens is 1. The van der Waals surface area contributed by atoms with Gasteiger partial charge in [-0.3, -0.25) is 0 Å². The molecule has 0 bridgehead atoms. The third-order valence-corrected chi connectivity index (χ3v) is 4.20. The molecular formula is C17H16FN5OS. The zero-order valence-electron chi connectivity index (χ0n) is 13.2. The summed E-state index contributed by atoms with van der Waals surface area (Å²) < 4.78 is 15.1. The predicted octanol–water partition coefficient (Wildman–Crippen LogP) is 2.47. The average molecular weight is 357 g/mol. The molecular weight excluding hydrogens is 341 g/mol. The Kier molecular flexibility index (Phi) is 5.32. The molecule has 8 heteroatoms. The zero-order chi connectivity index (χ0) is 17.6. The van der Waals surface area contributed by atoms with Crippen LogP contribution in [0.15, 0.2) is 58.1 Å². The van der Waals surface area contributed by atoms with Crippen LogP contribution in [0.1, 0.15) is 11.3 Å². The first-order valence-electron chi connectivity index (χ1n) is 7.51. The van der Waals surface area contributed by atoms with E-state index in [1.807, 2.05) is 41.1 Å². The molecule has 0 aliphatic heterocycles. The first-order chi connectivity index (χ1) is 12.2. The monoisotopic (exact) mass is 357 g/mol. The summed E-state index contributed by atoms with van der Waals surface area (Å²) in [5.41, 5.74) is 7.11. The van der Waals surface area contributed by atoms with Crippen LogP contribution in [0.4, 0.5) is 4.39 Å². The van der Waals surface area contributed by atoms with E-state index in [-0.39, 0.29) is 18.7 Å². The summed E-state index contributed by atoms with van der Waals surface area (Å²) in [6.07, 6.45) is 5.59. The highest BCUT2D eigenvalue weighted by Crippen LogP contribution is 2.11. The lowest BCUT2D eigenvalue weighted by Gasteiger charge is -2.02. The molecule has 0 saturated carbocycles. The molecule has 0 unspecified atom stereocenters. The van der Waals surface area contributed by atoms with E-state index in [9.17, 15) is 9.18 Å². The number of pyridine rings is 1. The van der Waals surface area contributed by atoms with E-state index >= 15 is 0 Å². The standard InChI is InChI=1S/C17H16FN5OS/c18-8-14(9-19)10-23-17(24)22(12-20-23)16-3-1-2-15(21-16)5-4-13-6-7-25-11-13/h1-8,11-12H,9-10,19H2/b5-4+,14-8+. The lowest BCUT2D eigenvalue weighted by Crippen LogP contribution is -2.26. The molecule has 0 aliphatic rings. The lowest BCUT2D eigenvalue weighted by atomic mass is 10.2. The van der Waals surface area contributed by atoms with Gasteiger partial charge in [0.15, 0.2) is 0 Å². The van der Waals surface area contributed by atoms with Gasteiger partial charge < -0.3 is 5.73 Å². The number of nitrogens with two attached hydrogens (primary N) is 1. The Bertz CT molecular complexity index is 956. The third kappa shape index (κ3) is 3.98. The Balaban J connectivity index is 1.86. The van der Waals surface area contributed by atoms with Crippen LogP contribution in [0.3, 0.4) is 0 Å². The highest BCUT2D eigenvalue weighted by Gasteiger charge is 2.09. The summed E-state index contributed by atoms with van der Waals surface area (Å²) in [5.74, 6) is 0.447. The van der Waals surface area contributed by atoms with Crippen molar-refractivity contribution < 1.29 is 4.39 Å². The van der Waals surface area contributed by atoms with Crippen LogP contribution in [0.5, 0.6) is 0 Å². The largest absolute Gasteiger partial charge is 0.351 e. The van der Waals surface area contributed by atoms with Crippen molar-refractivity contribution in [3.63, 3.8) is 0 Å². The topological polar surface area (TPSA) is 78.7 Å². The molecule has 3 aromatic rings. The maximum absolute atomic E-state index is 12.6. The van der Waals surface area contributed by atoms with E-state index in [1.165, 1.54) is 10.9 Å². The second-order valence-electron chi connectivity index (χ2n) is 5.22. The number of thiophene rings is 1. The minimum atomic E-state index is -0.403. The fraction of sp³-hybridized carbons (Fsp3) is 0.118. The molecule has 0 fully saturated rings. The SMILES string of the molecule is NC/C(=C\F)Cn1ncn(-c2cccc(/C=C/c3ccsc3)n2)c1=O. The van der Waals surface area contributed by atoms with Gasteiger partial charge in [-0.25, -0.2) is 23.4 Å². The van der Waals surface area contributed by atoms with Gasteiger partial charge in [0.1, 0.15) is 12.1 Å². The van der Waals surface area contributed by atoms with Crippen molar-refractivity contribution in [3.8, 4) is 5.82 Å². The average Bonchev–Trinajstić information content (AvgIpc) is 3.28. The minimum Gasteiger partial charge on any atom is -0.327 e. The molecule has 0 radical (unpaired) electrons. The molecule has 0 aromatic carbocycles. The molecule has 0 saturated heterocycles. The van der Waals surface area contributed by atoms with Crippen LogP contribution in [-0.4, -0.2) is 25.9 Å². The Morgan fingerprint density at radius 2 is 2.20 bits per heavy atom. The summed E-state index contributed by atoms with van der Waals surface area (Å²) in [6, 6.07) is 7.38. The Morgan fingerprint density at radius 1 is 1.32 bits per heavy atom. The van der Waals surface area contributed by atoms with Gasteiger partial charge in [0.05, 0.1) is 18.6 Å². The van der Waals surface area contributed by atoms with Gasteiger partial charge in [0.2, 0.25) is 0 Å². The normalized spacial score (nSPS) is 12.2. The molecule has 0 amide bonds. The van der Waals surface area contributed by atoms with Crippen molar-refractivity contribution in [2.45, 2.75) is 6.54 Å². The molecule has 3 aromatic heterocycles. The van der Waals surface area contributed by atoms with E-state index in [1.54, 1.807) is 17.4 Å². The molecule has 0 spiro atoms. The summed E-state index contributed by atoms with van der Waals surface area (Å²) in [7, 11) is 0. The minimum absolute atomic E-state index is 0.0105. The summed E-state index contributed by atoms with van der Waals surface area (Å²) >= 11 is 1.62. The number of hydrogen-bond acceptors (Lipinski definition) is 5. The van der Waals surface area contributed by atoms with Gasteiger partial charge in [-0.2, -0.15) is 16.4 Å². The maximum Gasteiger partial charge on any atom is 0.351 e. The van der Waals surface area contributed by atoms with Crippen LogP contribution >= 0.6 is 11.3 Å². The number of hydrogen-bond donors (Lipinski definition) is 1. The first-order valence-corrected chi connectivity index (χ1v) is 8.46. The Morgan fingerprint density at radius 3 is 2.92 bits per heavy atom. The highest BCUT2D eigenvalue weighted by atomic mass is 32.1. The Labute approximate surface area is 147 Å². The van der Waals surface area contributed by atoms with Crippen molar-refractivity contribution in [1.29, 1.82) is 0 Å². The third-order valence-electron chi connectivity index (χ3n) is 3.50. The van der Waals surface area contributed by atoms with Crippen LogP contribution in [0, 0.1) is 0 Å². The van der Waals surface area contributed by atoms with Gasteiger partial charge in [0, 0.05) is 6.54 Å². The molecule has 2 N–H and O–H groups in total. The van der Waals surface area contributed by atoms with E-state index in [0.717, 1.165) is 15.9 Å². The van der Waals surface area contributed by atoms with E-state index < -0.39 is 5.69 Å². The molecule has 0 atom stereocenters. The van der Waals surface area contributed by atoms with E-state index in [4.69, 9.17) is 5.73 Å². The van der Waals surface area contributed by atoms with Crippen molar-refractivity contribution >= 4 is 23.5 Å². The molecule has 128 valence electrons. The maximum atomic E-state index is 12.6. The quantitative estimate of drug-likeness (QED) is 0.735. The van der Waals surface area contributed by atoms with Crippen LogP contribution in [-0.2, 0) is 6.54 Å². The van der Waals surface area contributed by atoms with Crippen molar-refractivity contribution in [1.82, 2.24) is 19.3 Å². The van der Waals surface area contributed by atoms with E-state index in [0.29, 0.717) is 12.1 Å². The van der Waals surface area contributed by atoms with Crippen molar-refractivity contribution in [2.24, 2.45) is 5.73 Å². The fourth-order valence-electron chi connectivity index (χ4n) is 2.16. The lowest BCUT2D eigenvalue weighted by molar-refractivity contribution is 0.612. The second-order valence-corrected chi connectivity index (χ2v) is 6.00. The van der Waals surface area contributed by atoms with Crippen molar-refractivity contribution in [2.75, 3.05) is 6.54 Å². The van der Waals surface area contributed by atoms with Gasteiger partial charge >= 0.3 is 5.69 Å². The van der Waals surface area contributed by atoms with Crippen LogP contribution in [0.2, 0.25) is 0 Å². The number of nitrogens with zero attached hydrogens (tertiary/aromatic N) is 4. The summed E-state index contributed by atoms with van der Waals surface area (Å²) in [6.45, 7) is 0.0352. The molecule has 3 rings (SSSR count). The van der Waals surface area contributed by atoms with Gasteiger partial charge in [-0.1, -0.05) is 12.1 Å². The van der Waals surface area contributed by atoms with Gasteiger partial charge in [0.25, 0.3) is 0 Å². The van der Waals surface area contributed by atoms with Crippen LogP contribution in [0.25, 0.3) is 18.0 Å². The predicted molar refractivity (Wildman–Crippen MR) is 97.1 cm³/mol. The number of aromatic nitrogens is 4. The Hall–Kier alpha value is -2.84. The summed E-state index contributed by atoms with van der Waals surface area (Å²) in [4.78, 5) is 16.9. The van der Waals surface area contributed by atoms with Gasteiger partial charge in [-0.05, 0) is 46.2 Å². The van der Waals surface area contributed by atoms with Gasteiger partial charge in [-0.15, -0.1) is 0 Å². The first kappa shape index (κ1) is 17.0. The van der Waals surface area contributed by atoms with Crippen LogP contribution < -0.4 is 11.4 Å². The number of rotatable bonds is 6. The smallest absolute Gasteiger partial charge is 0.327 e. The molecule has 6 nitrogen and oxygen atoms in total.